The second kappa shape index (κ2) is 8.25. The molecule has 1 N–H and O–H groups in total. The second-order valence-electron chi connectivity index (χ2n) is 6.37. The van der Waals surface area contributed by atoms with E-state index in [1.54, 1.807) is 25.3 Å². The predicted octanol–water partition coefficient (Wildman–Crippen LogP) is 3.50. The summed E-state index contributed by atoms with van der Waals surface area (Å²) in [6.45, 7) is 3.18. The fourth-order valence-electron chi connectivity index (χ4n) is 3.18. The normalized spacial score (nSPS) is 15.6. The minimum atomic E-state index is -3.25. The zero-order valence-corrected chi connectivity index (χ0v) is 16.3. The Morgan fingerprint density at radius 3 is 2.48 bits per heavy atom. The van der Waals surface area contributed by atoms with E-state index in [1.807, 2.05) is 6.07 Å². The predicted molar refractivity (Wildman–Crippen MR) is 102 cm³/mol. The van der Waals surface area contributed by atoms with E-state index in [2.05, 4.69) is 16.0 Å². The van der Waals surface area contributed by atoms with Crippen molar-refractivity contribution >= 4 is 22.2 Å². The number of nitrogens with one attached hydrogen (secondary N) is 1. The molecule has 2 aromatic rings. The van der Waals surface area contributed by atoms with Gasteiger partial charge in [0.25, 0.3) is 0 Å². The summed E-state index contributed by atoms with van der Waals surface area (Å²) in [5, 5.41) is 0. The number of benzene rings is 1. The zero-order chi connectivity index (χ0) is 17.2. The van der Waals surface area contributed by atoms with Gasteiger partial charge in [0.1, 0.15) is 5.75 Å². The molecule has 5 nitrogen and oxygen atoms in total. The number of aromatic amines is 1. The number of rotatable bonds is 5. The van der Waals surface area contributed by atoms with Crippen LogP contribution in [-0.2, 0) is 16.4 Å². The number of piperidine rings is 1. The van der Waals surface area contributed by atoms with Crippen molar-refractivity contribution in [2.75, 3.05) is 26.5 Å². The number of methoxy groups -OCH3 is 1. The molecule has 1 aromatic carbocycles. The van der Waals surface area contributed by atoms with Crippen LogP contribution in [0.4, 0.5) is 0 Å². The highest BCUT2D eigenvalue weighted by Crippen LogP contribution is 2.32. The van der Waals surface area contributed by atoms with E-state index in [0.717, 1.165) is 36.6 Å². The monoisotopic (exact) mass is 384 g/mol. The molecule has 1 aromatic heterocycles. The largest absolute Gasteiger partial charge is 0.496 e. The number of nitrogens with zero attached hydrogens (tertiary/aromatic N) is 1. The molecule has 1 aliphatic rings. The van der Waals surface area contributed by atoms with Gasteiger partial charge in [0.15, 0.2) is 9.84 Å². The minimum Gasteiger partial charge on any atom is -0.496 e. The average Bonchev–Trinajstić information content (AvgIpc) is 3.02. The quantitative estimate of drug-likeness (QED) is 0.856. The summed E-state index contributed by atoms with van der Waals surface area (Å²) in [5.41, 5.74) is 2.79. The van der Waals surface area contributed by atoms with Crippen molar-refractivity contribution in [1.29, 1.82) is 0 Å². The van der Waals surface area contributed by atoms with Gasteiger partial charge in [-0.1, -0.05) is 6.42 Å². The Hall–Kier alpha value is -1.50. The molecular weight excluding hydrogens is 360 g/mol. The van der Waals surface area contributed by atoms with Crippen molar-refractivity contribution in [1.82, 2.24) is 9.88 Å². The molecule has 0 bridgehead atoms. The molecule has 0 amide bonds. The van der Waals surface area contributed by atoms with Gasteiger partial charge in [0.2, 0.25) is 0 Å². The Morgan fingerprint density at radius 2 is 1.84 bits per heavy atom. The third-order valence-electron chi connectivity index (χ3n) is 4.48. The van der Waals surface area contributed by atoms with E-state index < -0.39 is 9.84 Å². The minimum absolute atomic E-state index is 0. The van der Waals surface area contributed by atoms with Crippen LogP contribution in [0.25, 0.3) is 11.3 Å². The number of hydrogen-bond acceptors (Lipinski definition) is 4. The van der Waals surface area contributed by atoms with E-state index in [9.17, 15) is 8.42 Å². The molecular formula is C18H25ClN2O3S. The standard InChI is InChI=1S/C18H24N2O3S.ClH/c1-23-18-9-7-15(24(2,21)22)12-16(18)17-8-6-14(19-17)13-20-10-4-3-5-11-20;/h6-9,12,19H,3-5,10-11,13H2,1-2H3;1H. The van der Waals surface area contributed by atoms with Crippen molar-refractivity contribution < 1.29 is 13.2 Å². The molecule has 0 saturated carbocycles. The Bertz CT molecular complexity index is 811. The second-order valence-corrected chi connectivity index (χ2v) is 8.38. The highest BCUT2D eigenvalue weighted by Gasteiger charge is 2.15. The van der Waals surface area contributed by atoms with Gasteiger partial charge in [0.05, 0.1) is 12.0 Å². The molecule has 0 radical (unpaired) electrons. The number of hydrogen-bond donors (Lipinski definition) is 1. The first-order valence-corrected chi connectivity index (χ1v) is 10.2. The van der Waals surface area contributed by atoms with Crippen LogP contribution in [-0.4, -0.2) is 44.8 Å². The molecule has 138 valence electrons. The molecule has 1 saturated heterocycles. The van der Waals surface area contributed by atoms with Gasteiger partial charge in [-0.15, -0.1) is 12.4 Å². The Balaban J connectivity index is 0.00000225. The van der Waals surface area contributed by atoms with Gasteiger partial charge in [-0.3, -0.25) is 4.90 Å². The maximum atomic E-state index is 11.8. The average molecular weight is 385 g/mol. The van der Waals surface area contributed by atoms with E-state index in [1.165, 1.54) is 25.5 Å². The summed E-state index contributed by atoms with van der Waals surface area (Å²) in [6, 6.07) is 9.01. The van der Waals surface area contributed by atoms with Crippen LogP contribution < -0.4 is 4.74 Å². The summed E-state index contributed by atoms with van der Waals surface area (Å²) < 4.78 is 29.1. The number of halogens is 1. The van der Waals surface area contributed by atoms with Crippen LogP contribution in [0.5, 0.6) is 5.75 Å². The van der Waals surface area contributed by atoms with Crippen molar-refractivity contribution in [3.63, 3.8) is 0 Å². The molecule has 1 aliphatic heterocycles. The first kappa shape index (κ1) is 19.8. The number of ether oxygens (including phenoxy) is 1. The first-order valence-electron chi connectivity index (χ1n) is 8.26. The third-order valence-corrected chi connectivity index (χ3v) is 5.59. The van der Waals surface area contributed by atoms with E-state index in [-0.39, 0.29) is 12.4 Å². The van der Waals surface area contributed by atoms with E-state index in [4.69, 9.17) is 4.74 Å². The summed E-state index contributed by atoms with van der Waals surface area (Å²) in [4.78, 5) is 6.16. The molecule has 0 spiro atoms. The smallest absolute Gasteiger partial charge is 0.175 e. The Morgan fingerprint density at radius 1 is 1.12 bits per heavy atom. The van der Waals surface area contributed by atoms with Gasteiger partial charge in [0, 0.05) is 29.8 Å². The molecule has 3 rings (SSSR count). The van der Waals surface area contributed by atoms with Gasteiger partial charge < -0.3 is 9.72 Å². The number of H-pyrrole nitrogens is 1. The summed E-state index contributed by atoms with van der Waals surface area (Å²) in [7, 11) is -1.66. The number of aromatic nitrogens is 1. The Kier molecular flexibility index (Phi) is 6.54. The molecule has 0 unspecified atom stereocenters. The lowest BCUT2D eigenvalue weighted by Crippen LogP contribution is -2.29. The lowest BCUT2D eigenvalue weighted by molar-refractivity contribution is 0.219. The fourth-order valence-corrected chi connectivity index (χ4v) is 3.82. The van der Waals surface area contributed by atoms with Gasteiger partial charge in [-0.25, -0.2) is 8.42 Å². The summed E-state index contributed by atoms with van der Waals surface area (Å²) in [5.74, 6) is 0.661. The molecule has 1 fully saturated rings. The lowest BCUT2D eigenvalue weighted by atomic mass is 10.1. The van der Waals surface area contributed by atoms with Crippen LogP contribution >= 0.6 is 12.4 Å². The van der Waals surface area contributed by atoms with Crippen LogP contribution in [0.3, 0.4) is 0 Å². The Labute approximate surface area is 155 Å². The first-order chi connectivity index (χ1) is 11.5. The van der Waals surface area contributed by atoms with Gasteiger partial charge >= 0.3 is 0 Å². The highest BCUT2D eigenvalue weighted by atomic mass is 35.5. The van der Waals surface area contributed by atoms with E-state index >= 15 is 0 Å². The van der Waals surface area contributed by atoms with Gasteiger partial charge in [-0.05, 0) is 56.3 Å². The van der Waals surface area contributed by atoms with Crippen molar-refractivity contribution in [3.05, 3.63) is 36.0 Å². The van der Waals surface area contributed by atoms with Crippen molar-refractivity contribution in [2.45, 2.75) is 30.7 Å². The molecule has 0 aliphatic carbocycles. The summed E-state index contributed by atoms with van der Waals surface area (Å²) in [6.07, 6.45) is 5.06. The van der Waals surface area contributed by atoms with Crippen LogP contribution in [0, 0.1) is 0 Å². The topological polar surface area (TPSA) is 62.4 Å². The van der Waals surface area contributed by atoms with E-state index in [0.29, 0.717) is 10.6 Å². The molecule has 25 heavy (non-hydrogen) atoms. The summed E-state index contributed by atoms with van der Waals surface area (Å²) >= 11 is 0. The van der Waals surface area contributed by atoms with Crippen LogP contribution in [0.2, 0.25) is 0 Å². The molecule has 7 heteroatoms. The van der Waals surface area contributed by atoms with Crippen molar-refractivity contribution in [2.24, 2.45) is 0 Å². The third kappa shape index (κ3) is 4.77. The van der Waals surface area contributed by atoms with Gasteiger partial charge in [-0.2, -0.15) is 0 Å². The van der Waals surface area contributed by atoms with Crippen molar-refractivity contribution in [3.8, 4) is 17.0 Å². The highest BCUT2D eigenvalue weighted by molar-refractivity contribution is 7.90. The van der Waals surface area contributed by atoms with Crippen LogP contribution in [0.1, 0.15) is 25.0 Å². The molecule has 2 heterocycles. The van der Waals surface area contributed by atoms with Crippen LogP contribution in [0.15, 0.2) is 35.2 Å². The number of likely N-dealkylation sites (tertiary alicyclic amines) is 1. The lowest BCUT2D eigenvalue weighted by Gasteiger charge is -2.25. The zero-order valence-electron chi connectivity index (χ0n) is 14.6. The number of sulfone groups is 1. The maximum Gasteiger partial charge on any atom is 0.175 e. The SMILES string of the molecule is COc1ccc(S(C)(=O)=O)cc1-c1ccc(CN2CCCCC2)[nH]1.Cl. The maximum absolute atomic E-state index is 11.8. The molecule has 0 atom stereocenters. The fraction of sp³-hybridized carbons (Fsp3) is 0.444.